The van der Waals surface area contributed by atoms with Crippen molar-refractivity contribution in [2.75, 3.05) is 18.1 Å². The van der Waals surface area contributed by atoms with E-state index in [4.69, 9.17) is 5.73 Å². The van der Waals surface area contributed by atoms with Crippen molar-refractivity contribution in [3.8, 4) is 0 Å². The lowest BCUT2D eigenvalue weighted by Gasteiger charge is -2.17. The Labute approximate surface area is 74.3 Å². The van der Waals surface area contributed by atoms with Crippen molar-refractivity contribution in [1.82, 2.24) is 0 Å². The van der Waals surface area contributed by atoms with Crippen molar-refractivity contribution < 1.29 is 8.42 Å². The van der Waals surface area contributed by atoms with Crippen LogP contribution in [0.15, 0.2) is 0 Å². The first-order valence-corrected chi connectivity index (χ1v) is 6.28. The van der Waals surface area contributed by atoms with Crippen molar-refractivity contribution in [3.05, 3.63) is 0 Å². The molecule has 0 radical (unpaired) electrons. The third-order valence-corrected chi connectivity index (χ3v) is 4.51. The zero-order chi connectivity index (χ0) is 9.19. The second kappa shape index (κ2) is 3.75. The van der Waals surface area contributed by atoms with E-state index in [1.807, 2.05) is 0 Å². The van der Waals surface area contributed by atoms with Crippen LogP contribution in [0.5, 0.6) is 0 Å². The fourth-order valence-electron chi connectivity index (χ4n) is 1.67. The molecule has 0 bridgehead atoms. The van der Waals surface area contributed by atoms with Gasteiger partial charge in [0.2, 0.25) is 0 Å². The van der Waals surface area contributed by atoms with Gasteiger partial charge in [-0.05, 0) is 31.2 Å². The molecule has 1 aliphatic heterocycles. The number of hydrogen-bond acceptors (Lipinski definition) is 3. The summed E-state index contributed by atoms with van der Waals surface area (Å²) in [7, 11) is -2.75. The minimum absolute atomic E-state index is 0.333. The van der Waals surface area contributed by atoms with Crippen LogP contribution in [-0.4, -0.2) is 26.5 Å². The van der Waals surface area contributed by atoms with Gasteiger partial charge in [0.25, 0.3) is 0 Å². The van der Waals surface area contributed by atoms with E-state index >= 15 is 0 Å². The van der Waals surface area contributed by atoms with Crippen LogP contribution in [0.1, 0.15) is 19.8 Å². The highest BCUT2D eigenvalue weighted by Gasteiger charge is 2.25. The van der Waals surface area contributed by atoms with Crippen molar-refractivity contribution in [3.63, 3.8) is 0 Å². The Kier molecular flexibility index (Phi) is 3.12. The Morgan fingerprint density at radius 3 is 2.50 bits per heavy atom. The zero-order valence-corrected chi connectivity index (χ0v) is 8.31. The van der Waals surface area contributed by atoms with Gasteiger partial charge in [-0.3, -0.25) is 0 Å². The van der Waals surface area contributed by atoms with Crippen molar-refractivity contribution in [2.24, 2.45) is 17.6 Å². The molecule has 1 aliphatic rings. The Balaban J connectivity index is 2.65. The van der Waals surface area contributed by atoms with Gasteiger partial charge in [0.15, 0.2) is 0 Å². The molecule has 1 heterocycles. The first-order valence-electron chi connectivity index (χ1n) is 4.45. The zero-order valence-electron chi connectivity index (χ0n) is 7.49. The quantitative estimate of drug-likeness (QED) is 0.653. The summed E-state index contributed by atoms with van der Waals surface area (Å²) in [5.41, 5.74) is 5.56. The van der Waals surface area contributed by atoms with Crippen molar-refractivity contribution >= 4 is 9.84 Å². The smallest absolute Gasteiger partial charge is 0.150 e. The summed E-state index contributed by atoms with van der Waals surface area (Å²) in [6.07, 6.45) is 1.53. The number of sulfone groups is 1. The Morgan fingerprint density at radius 2 is 1.92 bits per heavy atom. The van der Waals surface area contributed by atoms with E-state index < -0.39 is 9.84 Å². The highest BCUT2D eigenvalue weighted by molar-refractivity contribution is 7.91. The molecule has 0 aromatic rings. The predicted molar refractivity (Wildman–Crippen MR) is 49.6 cm³/mol. The third kappa shape index (κ3) is 2.45. The molecular formula is C8H17NO2S. The van der Waals surface area contributed by atoms with E-state index in [-0.39, 0.29) is 0 Å². The lowest BCUT2D eigenvalue weighted by atomic mass is 9.90. The molecule has 0 spiro atoms. The standard InChI is InChI=1S/C8H17NO2S/c1-7-2-4-12(10,11)5-3-8(7)6-9/h7-8H,2-6,9H2,1H3. The Bertz CT molecular complexity index is 235. The summed E-state index contributed by atoms with van der Waals surface area (Å²) in [4.78, 5) is 0. The van der Waals surface area contributed by atoms with Gasteiger partial charge in [0.1, 0.15) is 9.84 Å². The molecule has 4 heteroatoms. The van der Waals surface area contributed by atoms with Crippen LogP contribution in [0, 0.1) is 11.8 Å². The van der Waals surface area contributed by atoms with E-state index in [1.54, 1.807) is 0 Å². The van der Waals surface area contributed by atoms with Gasteiger partial charge >= 0.3 is 0 Å². The van der Waals surface area contributed by atoms with Gasteiger partial charge in [0, 0.05) is 0 Å². The van der Waals surface area contributed by atoms with E-state index in [0.717, 1.165) is 12.8 Å². The summed E-state index contributed by atoms with van der Waals surface area (Å²) >= 11 is 0. The summed E-state index contributed by atoms with van der Waals surface area (Å²) in [6, 6.07) is 0. The molecule has 3 nitrogen and oxygen atoms in total. The fraction of sp³-hybridized carbons (Fsp3) is 1.00. The van der Waals surface area contributed by atoms with Gasteiger partial charge in [-0.2, -0.15) is 0 Å². The topological polar surface area (TPSA) is 60.2 Å². The van der Waals surface area contributed by atoms with Crippen LogP contribution in [0.4, 0.5) is 0 Å². The Morgan fingerprint density at radius 1 is 1.33 bits per heavy atom. The molecule has 0 aromatic heterocycles. The van der Waals surface area contributed by atoms with E-state index in [1.165, 1.54) is 0 Å². The van der Waals surface area contributed by atoms with Gasteiger partial charge in [-0.1, -0.05) is 6.92 Å². The predicted octanol–water partition coefficient (Wildman–Crippen LogP) is 0.406. The lowest BCUT2D eigenvalue weighted by Crippen LogP contribution is -2.21. The number of nitrogens with two attached hydrogens (primary N) is 1. The van der Waals surface area contributed by atoms with Gasteiger partial charge in [-0.15, -0.1) is 0 Å². The average molecular weight is 191 g/mol. The van der Waals surface area contributed by atoms with Crippen LogP contribution in [0.3, 0.4) is 0 Å². The molecule has 0 aromatic carbocycles. The molecule has 2 unspecified atom stereocenters. The van der Waals surface area contributed by atoms with Gasteiger partial charge in [-0.25, -0.2) is 8.42 Å². The SMILES string of the molecule is CC1CCS(=O)(=O)CCC1CN. The molecule has 2 atom stereocenters. The molecule has 1 saturated heterocycles. The first-order chi connectivity index (χ1) is 5.55. The molecule has 72 valence electrons. The molecule has 0 saturated carbocycles. The second-order valence-corrected chi connectivity index (χ2v) is 6.01. The number of rotatable bonds is 1. The molecular weight excluding hydrogens is 174 g/mol. The lowest BCUT2D eigenvalue weighted by molar-refractivity contribution is 0.356. The molecule has 0 amide bonds. The largest absolute Gasteiger partial charge is 0.330 e. The van der Waals surface area contributed by atoms with Crippen molar-refractivity contribution in [1.29, 1.82) is 0 Å². The number of hydrogen-bond donors (Lipinski definition) is 1. The summed E-state index contributed by atoms with van der Waals surface area (Å²) in [5, 5.41) is 0. The maximum Gasteiger partial charge on any atom is 0.150 e. The molecule has 0 aliphatic carbocycles. The molecule has 1 rings (SSSR count). The van der Waals surface area contributed by atoms with Gasteiger partial charge in [0.05, 0.1) is 11.5 Å². The van der Waals surface area contributed by atoms with E-state index in [0.29, 0.717) is 29.9 Å². The van der Waals surface area contributed by atoms with Crippen LogP contribution in [-0.2, 0) is 9.84 Å². The third-order valence-electron chi connectivity index (χ3n) is 2.79. The van der Waals surface area contributed by atoms with Crippen LogP contribution < -0.4 is 5.73 Å². The van der Waals surface area contributed by atoms with Gasteiger partial charge < -0.3 is 5.73 Å². The fourth-order valence-corrected chi connectivity index (χ4v) is 3.27. The monoisotopic (exact) mass is 191 g/mol. The Hall–Kier alpha value is -0.0900. The molecule has 2 N–H and O–H groups in total. The summed E-state index contributed by atoms with van der Waals surface area (Å²) in [6.45, 7) is 2.72. The highest BCUT2D eigenvalue weighted by Crippen LogP contribution is 2.23. The summed E-state index contributed by atoms with van der Waals surface area (Å²) < 4.78 is 22.5. The van der Waals surface area contributed by atoms with E-state index in [9.17, 15) is 8.42 Å². The van der Waals surface area contributed by atoms with Crippen molar-refractivity contribution in [2.45, 2.75) is 19.8 Å². The normalized spacial score (nSPS) is 35.8. The highest BCUT2D eigenvalue weighted by atomic mass is 32.2. The minimum atomic E-state index is -2.75. The van der Waals surface area contributed by atoms with E-state index in [2.05, 4.69) is 6.92 Å². The molecule has 12 heavy (non-hydrogen) atoms. The van der Waals surface area contributed by atoms with Crippen LogP contribution >= 0.6 is 0 Å². The maximum absolute atomic E-state index is 11.2. The van der Waals surface area contributed by atoms with Crippen LogP contribution in [0.2, 0.25) is 0 Å². The maximum atomic E-state index is 11.2. The average Bonchev–Trinajstić information content (AvgIpc) is 2.13. The second-order valence-electron chi connectivity index (χ2n) is 3.70. The summed E-state index contributed by atoms with van der Waals surface area (Å²) in [5.74, 6) is 1.55. The first kappa shape index (κ1) is 9.99. The molecule has 1 fully saturated rings. The van der Waals surface area contributed by atoms with Crippen LogP contribution in [0.25, 0.3) is 0 Å². The minimum Gasteiger partial charge on any atom is -0.330 e.